The van der Waals surface area contributed by atoms with Crippen LogP contribution in [0.2, 0.25) is 0 Å². The van der Waals surface area contributed by atoms with Gasteiger partial charge in [0.05, 0.1) is 18.0 Å². The summed E-state index contributed by atoms with van der Waals surface area (Å²) < 4.78 is 24.7. The van der Waals surface area contributed by atoms with Crippen LogP contribution in [0.3, 0.4) is 0 Å². The standard InChI is InChI=1S/C34H49N5O6/c1-21(24-13-11-17-38(24)7)42-26-18-27(43-22-19-33(5,6)39(20-22)31(41)44-32(2,3)4)36-30(35-26)28-23-12-10-16-34(29(23)45-37-28)15-9-8-14-25(34)40/h18,21-22,24H,8-17,19-20H2,1-7H3/t21-,22?,24-,34+/m0/s1. The number of carbonyl (C=O) groups excluding carboxylic acids is 2. The smallest absolute Gasteiger partial charge is 0.410 e. The third-order valence-electron chi connectivity index (χ3n) is 10.1. The summed E-state index contributed by atoms with van der Waals surface area (Å²) in [7, 11) is 2.12. The van der Waals surface area contributed by atoms with E-state index in [2.05, 4.69) is 24.0 Å². The van der Waals surface area contributed by atoms with E-state index >= 15 is 0 Å². The Morgan fingerprint density at radius 3 is 2.56 bits per heavy atom. The first-order valence-electron chi connectivity index (χ1n) is 16.7. The van der Waals surface area contributed by atoms with Crippen LogP contribution in [0.5, 0.6) is 11.8 Å². The lowest BCUT2D eigenvalue weighted by molar-refractivity contribution is -0.128. The van der Waals surface area contributed by atoms with Gasteiger partial charge < -0.3 is 18.7 Å². The lowest BCUT2D eigenvalue weighted by atomic mass is 9.64. The van der Waals surface area contributed by atoms with E-state index in [1.165, 1.54) is 0 Å². The molecule has 3 fully saturated rings. The van der Waals surface area contributed by atoms with Crippen molar-refractivity contribution in [3.05, 3.63) is 17.4 Å². The Labute approximate surface area is 266 Å². The highest BCUT2D eigenvalue weighted by Crippen LogP contribution is 2.47. The molecule has 0 bridgehead atoms. The predicted octanol–water partition coefficient (Wildman–Crippen LogP) is 5.88. The molecule has 2 aliphatic heterocycles. The lowest BCUT2D eigenvalue weighted by Crippen LogP contribution is -2.45. The van der Waals surface area contributed by atoms with Gasteiger partial charge in [-0.15, -0.1) is 0 Å². The van der Waals surface area contributed by atoms with Gasteiger partial charge >= 0.3 is 6.09 Å². The first kappa shape index (κ1) is 31.8. The van der Waals surface area contributed by atoms with Gasteiger partial charge in [-0.2, -0.15) is 9.97 Å². The van der Waals surface area contributed by atoms with Crippen LogP contribution >= 0.6 is 0 Å². The van der Waals surface area contributed by atoms with E-state index in [9.17, 15) is 9.59 Å². The van der Waals surface area contributed by atoms with Crippen molar-refractivity contribution in [2.75, 3.05) is 20.1 Å². The number of likely N-dealkylation sites (tertiary alicyclic amines) is 2. The molecule has 2 aromatic rings. The molecule has 2 aromatic heterocycles. The molecule has 1 unspecified atom stereocenters. The second-order valence-electron chi connectivity index (χ2n) is 15.1. The maximum absolute atomic E-state index is 13.3. The Balaban J connectivity index is 1.32. The molecule has 6 rings (SSSR count). The van der Waals surface area contributed by atoms with Gasteiger partial charge in [0.2, 0.25) is 11.8 Å². The summed E-state index contributed by atoms with van der Waals surface area (Å²) in [6.07, 6.45) is 7.77. The minimum Gasteiger partial charge on any atom is -0.473 e. The summed E-state index contributed by atoms with van der Waals surface area (Å²) in [5, 5.41) is 4.49. The van der Waals surface area contributed by atoms with E-state index in [-0.39, 0.29) is 30.1 Å². The van der Waals surface area contributed by atoms with E-state index in [0.717, 1.165) is 63.5 Å². The van der Waals surface area contributed by atoms with Crippen LogP contribution in [-0.4, -0.2) is 86.3 Å². The molecule has 11 nitrogen and oxygen atoms in total. The normalized spacial score (nSPS) is 27.4. The van der Waals surface area contributed by atoms with E-state index in [4.69, 9.17) is 28.7 Å². The first-order valence-corrected chi connectivity index (χ1v) is 16.7. The number of hydrogen-bond acceptors (Lipinski definition) is 10. The Hall–Kier alpha value is -3.21. The maximum atomic E-state index is 13.3. The largest absolute Gasteiger partial charge is 0.473 e. The summed E-state index contributed by atoms with van der Waals surface area (Å²) in [4.78, 5) is 40.0. The number of nitrogens with zero attached hydrogens (tertiary/aromatic N) is 5. The van der Waals surface area contributed by atoms with Gasteiger partial charge in [-0.3, -0.25) is 14.6 Å². The molecule has 0 N–H and O–H groups in total. The molecule has 4 atom stereocenters. The zero-order valence-electron chi connectivity index (χ0n) is 28.0. The van der Waals surface area contributed by atoms with Crippen molar-refractivity contribution in [3.63, 3.8) is 0 Å². The molecule has 4 heterocycles. The maximum Gasteiger partial charge on any atom is 0.410 e. The monoisotopic (exact) mass is 623 g/mol. The van der Waals surface area contributed by atoms with Crippen molar-refractivity contribution in [1.82, 2.24) is 24.9 Å². The van der Waals surface area contributed by atoms with Crippen molar-refractivity contribution < 1.29 is 28.3 Å². The van der Waals surface area contributed by atoms with Crippen LogP contribution in [0.4, 0.5) is 4.79 Å². The van der Waals surface area contributed by atoms with Crippen molar-refractivity contribution >= 4 is 11.9 Å². The van der Waals surface area contributed by atoms with E-state index in [0.29, 0.717) is 48.4 Å². The zero-order valence-corrected chi connectivity index (χ0v) is 28.0. The molecule has 1 spiro atoms. The van der Waals surface area contributed by atoms with E-state index in [1.54, 1.807) is 11.0 Å². The van der Waals surface area contributed by atoms with Crippen LogP contribution < -0.4 is 9.47 Å². The number of Topliss-reactive ketones (excluding diaryl/α,β-unsaturated/α-hetero) is 1. The summed E-state index contributed by atoms with van der Waals surface area (Å²) >= 11 is 0. The van der Waals surface area contributed by atoms with Crippen LogP contribution in [-0.2, 0) is 21.4 Å². The molecular formula is C34H49N5O6. The first-order chi connectivity index (χ1) is 21.3. The number of ketones is 1. The van der Waals surface area contributed by atoms with Crippen LogP contribution in [0.25, 0.3) is 11.5 Å². The van der Waals surface area contributed by atoms with Gasteiger partial charge in [0.25, 0.3) is 0 Å². The van der Waals surface area contributed by atoms with Gasteiger partial charge in [0.15, 0.2) is 17.3 Å². The summed E-state index contributed by atoms with van der Waals surface area (Å²) in [5.74, 6) is 2.07. The molecule has 2 saturated heterocycles. The van der Waals surface area contributed by atoms with Crippen molar-refractivity contribution in [1.29, 1.82) is 0 Å². The summed E-state index contributed by atoms with van der Waals surface area (Å²) in [6, 6.07) is 2.01. The lowest BCUT2D eigenvalue weighted by Gasteiger charge is -2.36. The number of aromatic nitrogens is 3. The van der Waals surface area contributed by atoms with Gasteiger partial charge in [0, 0.05) is 30.0 Å². The molecule has 246 valence electrons. The van der Waals surface area contributed by atoms with Crippen LogP contribution in [0.1, 0.15) is 111 Å². The molecule has 4 aliphatic rings. The quantitative estimate of drug-likeness (QED) is 0.386. The molecule has 0 radical (unpaired) electrons. The number of ether oxygens (including phenoxy) is 3. The summed E-state index contributed by atoms with van der Waals surface area (Å²) in [6.45, 7) is 13.1. The van der Waals surface area contributed by atoms with Gasteiger partial charge in [-0.25, -0.2) is 4.79 Å². The Morgan fingerprint density at radius 1 is 1.09 bits per heavy atom. The average Bonchev–Trinajstić information content (AvgIpc) is 3.66. The average molecular weight is 624 g/mol. The fraction of sp³-hybridized carbons (Fsp3) is 0.735. The van der Waals surface area contributed by atoms with Crippen molar-refractivity contribution in [2.45, 2.75) is 141 Å². The van der Waals surface area contributed by atoms with E-state index in [1.807, 2.05) is 34.6 Å². The molecule has 2 aliphatic carbocycles. The second kappa shape index (κ2) is 11.9. The Kier molecular flexibility index (Phi) is 8.37. The molecule has 1 saturated carbocycles. The highest BCUT2D eigenvalue weighted by Gasteiger charge is 2.49. The van der Waals surface area contributed by atoms with Crippen LogP contribution in [0, 0.1) is 0 Å². The SMILES string of the molecule is C[C@H](Oc1cc(OC2CN(C(=O)OC(C)(C)C)C(C)(C)C2)nc(-c2noc3c2CCC[C@@]32CCCCC2=O)n1)[C@@H]1CCCN1C. The van der Waals surface area contributed by atoms with Gasteiger partial charge in [-0.05, 0) is 100 Å². The fourth-order valence-electron chi connectivity index (χ4n) is 7.87. The van der Waals surface area contributed by atoms with Gasteiger partial charge in [0.1, 0.15) is 23.6 Å². The Morgan fingerprint density at radius 2 is 1.84 bits per heavy atom. The topological polar surface area (TPSA) is 120 Å². The third-order valence-corrected chi connectivity index (χ3v) is 10.1. The number of hydrogen-bond donors (Lipinski definition) is 0. The highest BCUT2D eigenvalue weighted by molar-refractivity contribution is 5.91. The predicted molar refractivity (Wildman–Crippen MR) is 167 cm³/mol. The number of carbonyl (C=O) groups is 2. The highest BCUT2D eigenvalue weighted by atomic mass is 16.6. The number of amides is 1. The van der Waals surface area contributed by atoms with Crippen LogP contribution in [0.15, 0.2) is 10.6 Å². The molecular weight excluding hydrogens is 574 g/mol. The Bertz CT molecular complexity index is 1430. The molecule has 45 heavy (non-hydrogen) atoms. The fourth-order valence-corrected chi connectivity index (χ4v) is 7.87. The molecule has 0 aromatic carbocycles. The van der Waals surface area contributed by atoms with Gasteiger partial charge in [-0.1, -0.05) is 11.6 Å². The number of fused-ring (bicyclic) bond motifs is 2. The number of rotatable bonds is 6. The molecule has 1 amide bonds. The second-order valence-corrected chi connectivity index (χ2v) is 15.1. The molecule has 11 heteroatoms. The van der Waals surface area contributed by atoms with Crippen molar-refractivity contribution in [3.8, 4) is 23.3 Å². The van der Waals surface area contributed by atoms with E-state index < -0.39 is 16.6 Å². The minimum absolute atomic E-state index is 0.101. The third kappa shape index (κ3) is 6.29. The van der Waals surface area contributed by atoms with Crippen molar-refractivity contribution in [2.24, 2.45) is 0 Å². The zero-order chi connectivity index (χ0) is 32.1. The summed E-state index contributed by atoms with van der Waals surface area (Å²) in [5.41, 5.74) is -0.184. The minimum atomic E-state index is -0.596. The number of likely N-dealkylation sites (N-methyl/N-ethyl adjacent to an activating group) is 1.